The molecule has 0 unspecified atom stereocenters. The first-order chi connectivity index (χ1) is 7.24. The Morgan fingerprint density at radius 3 is 2.80 bits per heavy atom. The van der Waals surface area contributed by atoms with Crippen LogP contribution >= 0.6 is 15.9 Å². The van der Waals surface area contributed by atoms with Gasteiger partial charge in [-0.3, -0.25) is 0 Å². The van der Waals surface area contributed by atoms with E-state index in [1.807, 2.05) is 31.2 Å². The van der Waals surface area contributed by atoms with E-state index in [2.05, 4.69) is 26.2 Å². The van der Waals surface area contributed by atoms with E-state index in [1.54, 1.807) is 4.68 Å². The van der Waals surface area contributed by atoms with Gasteiger partial charge in [-0.25, -0.2) is 4.68 Å². The second-order valence-corrected chi connectivity index (χ2v) is 4.04. The molecule has 78 valence electrons. The van der Waals surface area contributed by atoms with Crippen molar-refractivity contribution in [3.63, 3.8) is 0 Å². The van der Waals surface area contributed by atoms with Gasteiger partial charge in [-0.2, -0.15) is 0 Å². The Hall–Kier alpha value is -1.20. The third kappa shape index (κ3) is 1.80. The van der Waals surface area contributed by atoms with Crippen molar-refractivity contribution in [1.82, 2.24) is 15.0 Å². The lowest BCUT2D eigenvalue weighted by Gasteiger charge is -2.06. The van der Waals surface area contributed by atoms with Crippen molar-refractivity contribution in [1.29, 1.82) is 0 Å². The minimum atomic E-state index is 0.431. The molecule has 0 atom stereocenters. The summed E-state index contributed by atoms with van der Waals surface area (Å²) in [6, 6.07) is 7.85. The fourth-order valence-corrected chi connectivity index (χ4v) is 1.88. The molecule has 2 aromatic rings. The lowest BCUT2D eigenvalue weighted by atomic mass is 10.3. The number of benzene rings is 1. The minimum absolute atomic E-state index is 0.431. The van der Waals surface area contributed by atoms with Crippen LogP contribution in [-0.2, 0) is 6.54 Å². The zero-order valence-electron chi connectivity index (χ0n) is 8.31. The Morgan fingerprint density at radius 2 is 2.13 bits per heavy atom. The van der Waals surface area contributed by atoms with Crippen LogP contribution in [0, 0.1) is 6.92 Å². The maximum Gasteiger partial charge on any atom is 0.0846 e. The molecule has 0 aliphatic heterocycles. The monoisotopic (exact) mass is 266 g/mol. The normalized spacial score (nSPS) is 10.6. The number of aromatic nitrogens is 3. The maximum atomic E-state index is 5.67. The van der Waals surface area contributed by atoms with Crippen molar-refractivity contribution in [3.8, 4) is 5.69 Å². The van der Waals surface area contributed by atoms with E-state index in [9.17, 15) is 0 Å². The number of hydrogen-bond donors (Lipinski definition) is 1. The molecule has 1 heterocycles. The summed E-state index contributed by atoms with van der Waals surface area (Å²) < 4.78 is 2.74. The first-order valence-corrected chi connectivity index (χ1v) is 5.39. The summed E-state index contributed by atoms with van der Waals surface area (Å²) in [7, 11) is 0. The molecule has 5 heteroatoms. The predicted molar refractivity (Wildman–Crippen MR) is 61.7 cm³/mol. The summed E-state index contributed by atoms with van der Waals surface area (Å²) in [5, 5.41) is 8.09. The largest absolute Gasteiger partial charge is 0.325 e. The highest BCUT2D eigenvalue weighted by atomic mass is 79.9. The van der Waals surface area contributed by atoms with Gasteiger partial charge in [-0.1, -0.05) is 17.3 Å². The number of nitrogens with two attached hydrogens (primary N) is 1. The summed E-state index contributed by atoms with van der Waals surface area (Å²) in [4.78, 5) is 0. The number of aryl methyl sites for hydroxylation is 1. The van der Waals surface area contributed by atoms with Crippen molar-refractivity contribution < 1.29 is 0 Å². The fourth-order valence-electron chi connectivity index (χ4n) is 1.43. The van der Waals surface area contributed by atoms with Crippen LogP contribution in [0.25, 0.3) is 5.69 Å². The van der Waals surface area contributed by atoms with E-state index in [0.29, 0.717) is 6.54 Å². The van der Waals surface area contributed by atoms with E-state index < -0.39 is 0 Å². The molecular formula is C10H11BrN4. The summed E-state index contributed by atoms with van der Waals surface area (Å²) in [6.07, 6.45) is 0. The van der Waals surface area contributed by atoms with Gasteiger partial charge in [0.05, 0.1) is 17.1 Å². The molecule has 0 aliphatic carbocycles. The Bertz CT molecular complexity index is 478. The molecule has 0 saturated heterocycles. The smallest absolute Gasteiger partial charge is 0.0846 e. The molecule has 1 aromatic carbocycles. The lowest BCUT2D eigenvalue weighted by Crippen LogP contribution is -2.08. The molecule has 2 N–H and O–H groups in total. The van der Waals surface area contributed by atoms with Crippen LogP contribution in [0.2, 0.25) is 0 Å². The fraction of sp³-hybridized carbons (Fsp3) is 0.200. The number of hydrogen-bond acceptors (Lipinski definition) is 3. The summed E-state index contributed by atoms with van der Waals surface area (Å²) in [5.74, 6) is 0. The van der Waals surface area contributed by atoms with Crippen LogP contribution in [0.5, 0.6) is 0 Å². The van der Waals surface area contributed by atoms with Gasteiger partial charge in [-0.15, -0.1) is 5.10 Å². The lowest BCUT2D eigenvalue weighted by molar-refractivity contribution is 0.759. The topological polar surface area (TPSA) is 56.7 Å². The van der Waals surface area contributed by atoms with Crippen molar-refractivity contribution in [2.45, 2.75) is 13.5 Å². The number of nitrogens with zero attached hydrogens (tertiary/aromatic N) is 3. The van der Waals surface area contributed by atoms with Crippen molar-refractivity contribution in [2.24, 2.45) is 5.73 Å². The second-order valence-electron chi connectivity index (χ2n) is 3.19. The Morgan fingerprint density at radius 1 is 1.40 bits per heavy atom. The van der Waals surface area contributed by atoms with Gasteiger partial charge in [-0.05, 0) is 35.0 Å². The Kier molecular flexibility index (Phi) is 2.83. The molecule has 1 aromatic heterocycles. The Labute approximate surface area is 96.2 Å². The highest BCUT2D eigenvalue weighted by molar-refractivity contribution is 9.10. The summed E-state index contributed by atoms with van der Waals surface area (Å²) in [6.45, 7) is 2.34. The third-order valence-electron chi connectivity index (χ3n) is 2.23. The number of rotatable bonds is 2. The number of halogens is 1. The third-order valence-corrected chi connectivity index (χ3v) is 2.90. The van der Waals surface area contributed by atoms with Crippen molar-refractivity contribution >= 4 is 15.9 Å². The maximum absolute atomic E-state index is 5.67. The van der Waals surface area contributed by atoms with E-state index in [4.69, 9.17) is 5.73 Å². The zero-order chi connectivity index (χ0) is 10.8. The molecule has 2 rings (SSSR count). The predicted octanol–water partition coefficient (Wildman–Crippen LogP) is 1.80. The standard InChI is InChI=1S/C10H11BrN4/c1-7-10(6-12)15(14-13-7)9-5-3-2-4-8(9)11/h2-5H,6,12H2,1H3. The van der Waals surface area contributed by atoms with E-state index in [1.165, 1.54) is 0 Å². The second kappa shape index (κ2) is 4.12. The minimum Gasteiger partial charge on any atom is -0.325 e. The van der Waals surface area contributed by atoms with E-state index >= 15 is 0 Å². The van der Waals surface area contributed by atoms with Crippen LogP contribution in [0.4, 0.5) is 0 Å². The number of para-hydroxylation sites is 1. The Balaban J connectivity index is 2.59. The molecule has 0 radical (unpaired) electrons. The van der Waals surface area contributed by atoms with Crippen LogP contribution in [0.1, 0.15) is 11.4 Å². The average molecular weight is 267 g/mol. The van der Waals surface area contributed by atoms with Crippen LogP contribution < -0.4 is 5.73 Å². The molecule has 0 aliphatic rings. The van der Waals surface area contributed by atoms with Crippen LogP contribution in [-0.4, -0.2) is 15.0 Å². The molecule has 0 spiro atoms. The molecule has 0 saturated carbocycles. The van der Waals surface area contributed by atoms with Crippen LogP contribution in [0.3, 0.4) is 0 Å². The van der Waals surface area contributed by atoms with Gasteiger partial charge in [0.25, 0.3) is 0 Å². The summed E-state index contributed by atoms with van der Waals surface area (Å²) in [5.41, 5.74) is 8.43. The molecule has 0 fully saturated rings. The zero-order valence-corrected chi connectivity index (χ0v) is 9.90. The average Bonchev–Trinajstić information content (AvgIpc) is 2.60. The summed E-state index contributed by atoms with van der Waals surface area (Å²) >= 11 is 3.48. The molecule has 0 bridgehead atoms. The molecular weight excluding hydrogens is 256 g/mol. The highest BCUT2D eigenvalue weighted by Gasteiger charge is 2.10. The first kappa shape index (κ1) is 10.3. The van der Waals surface area contributed by atoms with E-state index in [-0.39, 0.29) is 0 Å². The van der Waals surface area contributed by atoms with Gasteiger partial charge in [0.15, 0.2) is 0 Å². The van der Waals surface area contributed by atoms with Gasteiger partial charge < -0.3 is 5.73 Å². The molecule has 0 amide bonds. The van der Waals surface area contributed by atoms with Gasteiger partial charge in [0.1, 0.15) is 0 Å². The SMILES string of the molecule is Cc1nnn(-c2ccccc2Br)c1CN. The van der Waals surface area contributed by atoms with Gasteiger partial charge in [0, 0.05) is 11.0 Å². The highest BCUT2D eigenvalue weighted by Crippen LogP contribution is 2.21. The first-order valence-electron chi connectivity index (χ1n) is 4.60. The van der Waals surface area contributed by atoms with Crippen molar-refractivity contribution in [3.05, 3.63) is 40.1 Å². The van der Waals surface area contributed by atoms with Crippen LogP contribution in [0.15, 0.2) is 28.7 Å². The molecule has 15 heavy (non-hydrogen) atoms. The van der Waals surface area contributed by atoms with Gasteiger partial charge in [0.2, 0.25) is 0 Å². The molecule has 4 nitrogen and oxygen atoms in total. The quantitative estimate of drug-likeness (QED) is 0.902. The van der Waals surface area contributed by atoms with Gasteiger partial charge >= 0.3 is 0 Å². The van der Waals surface area contributed by atoms with Crippen molar-refractivity contribution in [2.75, 3.05) is 0 Å². The van der Waals surface area contributed by atoms with E-state index in [0.717, 1.165) is 21.5 Å².